The van der Waals surface area contributed by atoms with Crippen molar-refractivity contribution in [2.45, 2.75) is 19.7 Å². The summed E-state index contributed by atoms with van der Waals surface area (Å²) in [6, 6.07) is 13.4. The standard InChI is InChI=1S/C23H19F2N5O2/c24-23(25)32-18-5-3-14(4-6-18)22(31)29-20-10-17-9-15(1-2-16(17)11-27-20)19-12-28-21-13-26-7-8-30(19)21/h1-6,9-12,23,26H,7-8,13H2,(H,27,29,31). The fourth-order valence-corrected chi connectivity index (χ4v) is 3.77. The fourth-order valence-electron chi connectivity index (χ4n) is 3.77. The molecule has 0 fully saturated rings. The molecule has 0 radical (unpaired) electrons. The second kappa shape index (κ2) is 8.35. The van der Waals surface area contributed by atoms with Crippen LogP contribution in [0.1, 0.15) is 16.2 Å². The summed E-state index contributed by atoms with van der Waals surface area (Å²) in [6.07, 6.45) is 3.58. The van der Waals surface area contributed by atoms with E-state index in [1.165, 1.54) is 24.3 Å². The maximum Gasteiger partial charge on any atom is 0.387 e. The number of alkyl halides is 2. The Morgan fingerprint density at radius 1 is 1.06 bits per heavy atom. The zero-order valence-corrected chi connectivity index (χ0v) is 16.9. The Morgan fingerprint density at radius 2 is 1.91 bits per heavy atom. The Kier molecular flexibility index (Phi) is 5.24. The van der Waals surface area contributed by atoms with Gasteiger partial charge in [0.1, 0.15) is 17.4 Å². The van der Waals surface area contributed by atoms with Crippen LogP contribution in [0.15, 0.2) is 60.9 Å². The summed E-state index contributed by atoms with van der Waals surface area (Å²) in [5, 5.41) is 7.94. The molecule has 9 heteroatoms. The van der Waals surface area contributed by atoms with Gasteiger partial charge in [0.05, 0.1) is 18.4 Å². The summed E-state index contributed by atoms with van der Waals surface area (Å²) < 4.78 is 31.1. The van der Waals surface area contributed by atoms with Crippen molar-refractivity contribution < 1.29 is 18.3 Å². The van der Waals surface area contributed by atoms with Crippen molar-refractivity contribution in [3.8, 4) is 17.0 Å². The van der Waals surface area contributed by atoms with Crippen molar-refractivity contribution in [1.29, 1.82) is 0 Å². The molecule has 0 saturated carbocycles. The second-order valence-electron chi connectivity index (χ2n) is 7.38. The number of carbonyl (C=O) groups excluding carboxylic acids is 1. The highest BCUT2D eigenvalue weighted by Gasteiger charge is 2.15. The summed E-state index contributed by atoms with van der Waals surface area (Å²) in [5.74, 6) is 1.01. The minimum absolute atomic E-state index is 0.00856. The number of nitrogens with zero attached hydrogens (tertiary/aromatic N) is 3. The molecule has 0 atom stereocenters. The lowest BCUT2D eigenvalue weighted by Crippen LogP contribution is -2.28. The van der Waals surface area contributed by atoms with Crippen molar-refractivity contribution in [3.05, 3.63) is 72.3 Å². The molecule has 3 heterocycles. The van der Waals surface area contributed by atoms with E-state index in [1.54, 1.807) is 12.3 Å². The van der Waals surface area contributed by atoms with E-state index in [9.17, 15) is 13.6 Å². The Labute approximate surface area is 182 Å². The molecule has 162 valence electrons. The molecule has 1 aliphatic heterocycles. The number of imidazole rings is 1. The van der Waals surface area contributed by atoms with Gasteiger partial charge in [0.15, 0.2) is 0 Å². The molecule has 32 heavy (non-hydrogen) atoms. The van der Waals surface area contributed by atoms with Crippen LogP contribution in [-0.4, -0.2) is 33.6 Å². The average Bonchev–Trinajstić information content (AvgIpc) is 3.23. The fraction of sp³-hybridized carbons (Fsp3) is 0.174. The minimum Gasteiger partial charge on any atom is -0.435 e. The first kappa shape index (κ1) is 20.1. The molecule has 0 unspecified atom stereocenters. The maximum atomic E-state index is 12.5. The van der Waals surface area contributed by atoms with Crippen LogP contribution in [0.25, 0.3) is 22.0 Å². The molecular formula is C23H19F2N5O2. The maximum absolute atomic E-state index is 12.5. The van der Waals surface area contributed by atoms with E-state index >= 15 is 0 Å². The summed E-state index contributed by atoms with van der Waals surface area (Å²) in [7, 11) is 0. The Hall–Kier alpha value is -3.85. The van der Waals surface area contributed by atoms with E-state index in [4.69, 9.17) is 0 Å². The van der Waals surface area contributed by atoms with Crippen molar-refractivity contribution in [2.24, 2.45) is 0 Å². The van der Waals surface area contributed by atoms with Crippen LogP contribution in [0.5, 0.6) is 5.75 Å². The number of hydrogen-bond acceptors (Lipinski definition) is 5. The largest absolute Gasteiger partial charge is 0.435 e. The number of rotatable bonds is 5. The zero-order chi connectivity index (χ0) is 22.1. The van der Waals surface area contributed by atoms with Crippen LogP contribution in [0, 0.1) is 0 Å². The normalized spacial score (nSPS) is 13.2. The molecule has 2 N–H and O–H groups in total. The Balaban J connectivity index is 1.38. The molecule has 5 rings (SSSR count). The van der Waals surface area contributed by atoms with Crippen LogP contribution in [0.3, 0.4) is 0 Å². The van der Waals surface area contributed by atoms with Crippen molar-refractivity contribution >= 4 is 22.5 Å². The molecule has 1 amide bonds. The molecule has 7 nitrogen and oxygen atoms in total. The van der Waals surface area contributed by atoms with Gasteiger partial charge in [-0.15, -0.1) is 0 Å². The highest BCUT2D eigenvalue weighted by molar-refractivity contribution is 6.04. The lowest BCUT2D eigenvalue weighted by molar-refractivity contribution is -0.0498. The topological polar surface area (TPSA) is 81.1 Å². The summed E-state index contributed by atoms with van der Waals surface area (Å²) in [6.45, 7) is -0.393. The predicted octanol–water partition coefficient (Wildman–Crippen LogP) is 4.06. The first-order valence-electron chi connectivity index (χ1n) is 10.1. The lowest BCUT2D eigenvalue weighted by atomic mass is 10.1. The van der Waals surface area contributed by atoms with E-state index in [0.717, 1.165) is 47.5 Å². The predicted molar refractivity (Wildman–Crippen MR) is 116 cm³/mol. The third-order valence-electron chi connectivity index (χ3n) is 5.33. The smallest absolute Gasteiger partial charge is 0.387 e. The lowest BCUT2D eigenvalue weighted by Gasteiger charge is -2.17. The van der Waals surface area contributed by atoms with Crippen molar-refractivity contribution in [1.82, 2.24) is 19.9 Å². The number of anilines is 1. The first-order chi connectivity index (χ1) is 15.6. The summed E-state index contributed by atoms with van der Waals surface area (Å²) >= 11 is 0. The molecular weight excluding hydrogens is 416 g/mol. The van der Waals surface area contributed by atoms with Gasteiger partial charge in [-0.05, 0) is 41.8 Å². The zero-order valence-electron chi connectivity index (χ0n) is 16.9. The van der Waals surface area contributed by atoms with Gasteiger partial charge in [0, 0.05) is 35.8 Å². The van der Waals surface area contributed by atoms with Crippen molar-refractivity contribution in [2.75, 3.05) is 11.9 Å². The monoisotopic (exact) mass is 435 g/mol. The number of halogens is 2. The number of carbonyl (C=O) groups is 1. The number of ether oxygens (including phenoxy) is 1. The van der Waals surface area contributed by atoms with Gasteiger partial charge >= 0.3 is 6.61 Å². The molecule has 0 aliphatic carbocycles. The highest BCUT2D eigenvalue weighted by Crippen LogP contribution is 2.27. The molecule has 4 aromatic rings. The molecule has 0 spiro atoms. The van der Waals surface area contributed by atoms with E-state index in [0.29, 0.717) is 11.4 Å². The second-order valence-corrected chi connectivity index (χ2v) is 7.38. The molecule has 2 aromatic carbocycles. The van der Waals surface area contributed by atoms with E-state index in [2.05, 4.69) is 36.0 Å². The van der Waals surface area contributed by atoms with E-state index < -0.39 is 12.5 Å². The van der Waals surface area contributed by atoms with Gasteiger partial charge in [0.2, 0.25) is 0 Å². The number of fused-ring (bicyclic) bond motifs is 2. The van der Waals surface area contributed by atoms with Gasteiger partial charge in [-0.1, -0.05) is 12.1 Å². The number of pyridine rings is 1. The van der Waals surface area contributed by atoms with Crippen LogP contribution in [-0.2, 0) is 13.1 Å². The third-order valence-corrected chi connectivity index (χ3v) is 5.33. The van der Waals surface area contributed by atoms with Gasteiger partial charge in [-0.3, -0.25) is 4.79 Å². The van der Waals surface area contributed by atoms with Crippen LogP contribution >= 0.6 is 0 Å². The number of hydrogen-bond donors (Lipinski definition) is 2. The van der Waals surface area contributed by atoms with Gasteiger partial charge in [-0.2, -0.15) is 8.78 Å². The van der Waals surface area contributed by atoms with Gasteiger partial charge < -0.3 is 19.9 Å². The minimum atomic E-state index is -2.91. The Morgan fingerprint density at radius 3 is 2.72 bits per heavy atom. The molecule has 2 aromatic heterocycles. The quantitative estimate of drug-likeness (QED) is 0.494. The average molecular weight is 435 g/mol. The van der Waals surface area contributed by atoms with Crippen LogP contribution < -0.4 is 15.4 Å². The first-order valence-corrected chi connectivity index (χ1v) is 10.1. The van der Waals surface area contributed by atoms with Crippen molar-refractivity contribution in [3.63, 3.8) is 0 Å². The summed E-state index contributed by atoms with van der Waals surface area (Å²) in [4.78, 5) is 21.4. The van der Waals surface area contributed by atoms with Crippen LogP contribution in [0.4, 0.5) is 14.6 Å². The number of benzene rings is 2. The number of amides is 1. The molecule has 1 aliphatic rings. The Bertz CT molecular complexity index is 1290. The summed E-state index contributed by atoms with van der Waals surface area (Å²) in [5.41, 5.74) is 2.40. The third kappa shape index (κ3) is 4.02. The van der Waals surface area contributed by atoms with E-state index in [1.807, 2.05) is 18.3 Å². The number of aromatic nitrogens is 3. The molecule has 0 saturated heterocycles. The van der Waals surface area contributed by atoms with Gasteiger partial charge in [0.25, 0.3) is 5.91 Å². The molecule has 0 bridgehead atoms. The van der Waals surface area contributed by atoms with Gasteiger partial charge in [-0.25, -0.2) is 9.97 Å². The van der Waals surface area contributed by atoms with E-state index in [-0.39, 0.29) is 5.75 Å². The SMILES string of the molecule is O=C(Nc1cc2cc(-c3cnc4n3CCNC4)ccc2cn1)c1ccc(OC(F)F)cc1. The highest BCUT2D eigenvalue weighted by atomic mass is 19.3. The van der Waals surface area contributed by atoms with Crippen LogP contribution in [0.2, 0.25) is 0 Å². The number of nitrogens with one attached hydrogen (secondary N) is 2.